The summed E-state index contributed by atoms with van der Waals surface area (Å²) in [6, 6.07) is 3.11. The van der Waals surface area contributed by atoms with Crippen molar-refractivity contribution in [1.29, 1.82) is 0 Å². The maximum atomic E-state index is 15.3. The maximum absolute atomic E-state index is 15.3. The predicted molar refractivity (Wildman–Crippen MR) is 125 cm³/mol. The smallest absolute Gasteiger partial charge is 0.407 e. The number of ether oxygens (including phenoxy) is 2. The largest absolute Gasteiger partial charge is 0.444 e. The van der Waals surface area contributed by atoms with Gasteiger partial charge in [0.25, 0.3) is 0 Å². The van der Waals surface area contributed by atoms with Crippen molar-refractivity contribution < 1.29 is 23.5 Å². The number of carbonyl (C=O) groups excluding carboxylic acids is 2. The number of rotatable bonds is 3. The molecule has 0 aromatic heterocycles. The highest BCUT2D eigenvalue weighted by molar-refractivity contribution is 5.75. The van der Waals surface area contributed by atoms with Gasteiger partial charge in [0.05, 0.1) is 5.92 Å². The Hall–Kier alpha value is -2.11. The van der Waals surface area contributed by atoms with Crippen LogP contribution in [0.2, 0.25) is 0 Å². The van der Waals surface area contributed by atoms with E-state index in [4.69, 9.17) is 9.47 Å². The number of hydrogen-bond acceptors (Lipinski definition) is 4. The van der Waals surface area contributed by atoms with Crippen LogP contribution >= 0.6 is 0 Å². The molecule has 1 aromatic carbocycles. The molecule has 2 fully saturated rings. The summed E-state index contributed by atoms with van der Waals surface area (Å²) in [5.41, 5.74) is 1.01. The molecule has 1 N–H and O–H groups in total. The lowest BCUT2D eigenvalue weighted by Gasteiger charge is -2.42. The molecular formula is C27H38FNO4. The van der Waals surface area contributed by atoms with Crippen molar-refractivity contribution in [1.82, 2.24) is 5.32 Å². The van der Waals surface area contributed by atoms with Gasteiger partial charge < -0.3 is 14.8 Å². The fraction of sp³-hybridized carbons (Fsp3) is 0.704. The van der Waals surface area contributed by atoms with Crippen LogP contribution in [0.25, 0.3) is 0 Å². The van der Waals surface area contributed by atoms with Gasteiger partial charge in [-0.3, -0.25) is 4.79 Å². The molecule has 1 aromatic rings. The molecule has 0 saturated heterocycles. The summed E-state index contributed by atoms with van der Waals surface area (Å²) in [6.45, 7) is 5.55. The van der Waals surface area contributed by atoms with Gasteiger partial charge in [-0.25, -0.2) is 9.18 Å². The van der Waals surface area contributed by atoms with E-state index in [1.54, 1.807) is 0 Å². The van der Waals surface area contributed by atoms with E-state index in [0.717, 1.165) is 69.8 Å². The molecule has 0 spiro atoms. The standard InChI is InChI=1S/C27H38FNO4/c1-27(2,3)33-26(31)29-24-18-12-8-5-9-13-20(24)21-15-19(16-23(28)22(21)14-18)32-25(30)17-10-6-4-7-11-17/h15-18,20,24H,4-14H2,1-3H3,(H,29,31)/t18?,20?,24-/m0/s1. The highest BCUT2D eigenvalue weighted by Crippen LogP contribution is 2.44. The lowest BCUT2D eigenvalue weighted by molar-refractivity contribution is -0.140. The van der Waals surface area contributed by atoms with Gasteiger partial charge in [-0.1, -0.05) is 38.5 Å². The van der Waals surface area contributed by atoms with Crippen LogP contribution < -0.4 is 10.1 Å². The molecule has 2 bridgehead atoms. The van der Waals surface area contributed by atoms with Crippen LogP contribution in [0.1, 0.15) is 102 Å². The Morgan fingerprint density at radius 3 is 2.33 bits per heavy atom. The molecule has 182 valence electrons. The zero-order valence-corrected chi connectivity index (χ0v) is 20.3. The molecule has 0 radical (unpaired) electrons. The number of benzene rings is 1. The molecule has 2 unspecified atom stereocenters. The molecule has 3 aliphatic carbocycles. The van der Waals surface area contributed by atoms with Gasteiger partial charge in [0.1, 0.15) is 17.2 Å². The summed E-state index contributed by atoms with van der Waals surface area (Å²) < 4.78 is 26.5. The van der Waals surface area contributed by atoms with E-state index >= 15 is 4.39 Å². The minimum absolute atomic E-state index is 0.0191. The van der Waals surface area contributed by atoms with Crippen LogP contribution in [-0.4, -0.2) is 23.7 Å². The van der Waals surface area contributed by atoms with E-state index in [9.17, 15) is 9.59 Å². The SMILES string of the molecule is CC(C)(C)OC(=O)N[C@H]1C2CCCCCC1c1cc(OC(=O)C3CCCCC3)cc(F)c1C2. The van der Waals surface area contributed by atoms with Gasteiger partial charge in [0.2, 0.25) is 0 Å². The molecule has 4 rings (SSSR count). The Balaban J connectivity index is 1.59. The van der Waals surface area contributed by atoms with Crippen LogP contribution in [0.15, 0.2) is 12.1 Å². The first-order chi connectivity index (χ1) is 15.7. The summed E-state index contributed by atoms with van der Waals surface area (Å²) in [5.74, 6) is -0.201. The average Bonchev–Trinajstić information content (AvgIpc) is 2.74. The van der Waals surface area contributed by atoms with Gasteiger partial charge in [0, 0.05) is 18.0 Å². The molecule has 3 atom stereocenters. The first kappa shape index (κ1) is 24.0. The van der Waals surface area contributed by atoms with Gasteiger partial charge in [-0.2, -0.15) is 0 Å². The Morgan fingerprint density at radius 1 is 0.970 bits per heavy atom. The number of hydrogen-bond donors (Lipinski definition) is 1. The van der Waals surface area contributed by atoms with E-state index in [1.165, 1.54) is 6.07 Å². The quantitative estimate of drug-likeness (QED) is 0.418. The van der Waals surface area contributed by atoms with Crippen molar-refractivity contribution in [3.8, 4) is 5.75 Å². The second-order valence-electron chi connectivity index (χ2n) is 11.1. The van der Waals surface area contributed by atoms with Gasteiger partial charge in [-0.15, -0.1) is 0 Å². The molecule has 33 heavy (non-hydrogen) atoms. The summed E-state index contributed by atoms with van der Waals surface area (Å²) >= 11 is 0. The van der Waals surface area contributed by atoms with Crippen molar-refractivity contribution in [2.24, 2.45) is 11.8 Å². The van der Waals surface area contributed by atoms with Crippen molar-refractivity contribution >= 4 is 12.1 Å². The minimum atomic E-state index is -0.578. The first-order valence-electron chi connectivity index (χ1n) is 12.7. The number of alkyl carbamates (subject to hydrolysis) is 1. The fourth-order valence-corrected chi connectivity index (χ4v) is 5.91. The summed E-state index contributed by atoms with van der Waals surface area (Å²) in [4.78, 5) is 25.3. The third-order valence-electron chi connectivity index (χ3n) is 7.44. The molecule has 0 heterocycles. The van der Waals surface area contributed by atoms with E-state index in [0.29, 0.717) is 17.7 Å². The molecular weight excluding hydrogens is 421 g/mol. The average molecular weight is 460 g/mol. The molecule has 6 heteroatoms. The van der Waals surface area contributed by atoms with Crippen LogP contribution in [0.3, 0.4) is 0 Å². The molecule has 2 saturated carbocycles. The second-order valence-corrected chi connectivity index (χ2v) is 11.1. The lowest BCUT2D eigenvalue weighted by Crippen LogP contribution is -2.49. The zero-order valence-electron chi connectivity index (χ0n) is 20.3. The third-order valence-corrected chi connectivity index (χ3v) is 7.44. The Bertz CT molecular complexity index is 872. The molecule has 5 nitrogen and oxygen atoms in total. The van der Waals surface area contributed by atoms with E-state index in [1.807, 2.05) is 26.8 Å². The van der Waals surface area contributed by atoms with E-state index in [-0.39, 0.29) is 35.6 Å². The van der Waals surface area contributed by atoms with E-state index < -0.39 is 11.7 Å². The van der Waals surface area contributed by atoms with Crippen LogP contribution in [0.5, 0.6) is 5.75 Å². The lowest BCUT2D eigenvalue weighted by atomic mass is 9.68. The zero-order chi connectivity index (χ0) is 23.6. The number of nitrogens with one attached hydrogen (secondary N) is 1. The third kappa shape index (κ3) is 5.88. The second kappa shape index (κ2) is 10.0. The first-order valence-corrected chi connectivity index (χ1v) is 12.7. The van der Waals surface area contributed by atoms with Crippen LogP contribution in [0.4, 0.5) is 9.18 Å². The van der Waals surface area contributed by atoms with Crippen LogP contribution in [0, 0.1) is 17.7 Å². The number of amides is 1. The predicted octanol–water partition coefficient (Wildman–Crippen LogP) is 6.42. The monoisotopic (exact) mass is 459 g/mol. The summed E-state index contributed by atoms with van der Waals surface area (Å²) in [7, 11) is 0. The highest BCUT2D eigenvalue weighted by Gasteiger charge is 2.40. The Kier molecular flexibility index (Phi) is 7.30. The highest BCUT2D eigenvalue weighted by atomic mass is 19.1. The summed E-state index contributed by atoms with van der Waals surface area (Å²) in [6.07, 6.45) is 10.1. The van der Waals surface area contributed by atoms with Crippen LogP contribution in [-0.2, 0) is 16.0 Å². The normalized spacial score (nSPS) is 25.9. The van der Waals surface area contributed by atoms with Gasteiger partial charge >= 0.3 is 12.1 Å². The van der Waals surface area contributed by atoms with Crippen molar-refractivity contribution in [2.45, 2.75) is 109 Å². The number of esters is 1. The topological polar surface area (TPSA) is 64.6 Å². The molecule has 1 amide bonds. The number of carbonyl (C=O) groups is 2. The summed E-state index contributed by atoms with van der Waals surface area (Å²) in [5, 5.41) is 3.13. The maximum Gasteiger partial charge on any atom is 0.407 e. The Morgan fingerprint density at radius 2 is 1.64 bits per heavy atom. The fourth-order valence-electron chi connectivity index (χ4n) is 5.91. The van der Waals surface area contributed by atoms with Crippen molar-refractivity contribution in [3.05, 3.63) is 29.1 Å². The number of fused-ring (bicyclic) bond motifs is 4. The van der Waals surface area contributed by atoms with Gasteiger partial charge in [-0.05, 0) is 76.0 Å². The minimum Gasteiger partial charge on any atom is -0.444 e. The molecule has 3 aliphatic rings. The molecule has 0 aliphatic heterocycles. The Labute approximate surface area is 196 Å². The van der Waals surface area contributed by atoms with E-state index in [2.05, 4.69) is 5.32 Å². The van der Waals surface area contributed by atoms with Crippen molar-refractivity contribution in [3.63, 3.8) is 0 Å². The number of halogens is 1. The van der Waals surface area contributed by atoms with Gasteiger partial charge in [0.15, 0.2) is 0 Å². The van der Waals surface area contributed by atoms with Crippen molar-refractivity contribution in [2.75, 3.05) is 0 Å².